The first kappa shape index (κ1) is 13.7. The molecular weight excluding hydrogens is 240 g/mol. The van der Waals surface area contributed by atoms with E-state index in [1.54, 1.807) is 12.1 Å². The van der Waals surface area contributed by atoms with Gasteiger partial charge in [0.2, 0.25) is 0 Å². The predicted molar refractivity (Wildman–Crippen MR) is 77.5 cm³/mol. The van der Waals surface area contributed by atoms with Crippen LogP contribution in [0.15, 0.2) is 18.2 Å². The second kappa shape index (κ2) is 5.95. The van der Waals surface area contributed by atoms with E-state index in [1.807, 2.05) is 13.0 Å². The van der Waals surface area contributed by atoms with Crippen molar-refractivity contribution < 1.29 is 9.53 Å². The summed E-state index contributed by atoms with van der Waals surface area (Å²) < 4.78 is 5.04. The first-order chi connectivity index (χ1) is 9.17. The minimum Gasteiger partial charge on any atom is -0.462 e. The maximum Gasteiger partial charge on any atom is 0.338 e. The minimum absolute atomic E-state index is 0.281. The Morgan fingerprint density at radius 2 is 2.26 bits per heavy atom. The van der Waals surface area contributed by atoms with Gasteiger partial charge in [0, 0.05) is 12.6 Å². The normalized spacial score (nSPS) is 18.6. The summed E-state index contributed by atoms with van der Waals surface area (Å²) in [7, 11) is 0. The molecule has 0 amide bonds. The Morgan fingerprint density at radius 3 is 2.95 bits per heavy atom. The maximum atomic E-state index is 11.8. The van der Waals surface area contributed by atoms with Crippen LogP contribution in [-0.2, 0) is 4.74 Å². The van der Waals surface area contributed by atoms with Gasteiger partial charge in [-0.2, -0.15) is 0 Å². The van der Waals surface area contributed by atoms with Gasteiger partial charge in [0.25, 0.3) is 0 Å². The molecule has 2 rings (SSSR count). The van der Waals surface area contributed by atoms with Gasteiger partial charge in [0.05, 0.1) is 23.5 Å². The Hall–Kier alpha value is -1.71. The molecule has 0 spiro atoms. The number of rotatable bonds is 4. The quantitative estimate of drug-likeness (QED) is 0.669. The van der Waals surface area contributed by atoms with Crippen LogP contribution in [0.5, 0.6) is 0 Å². The third-order valence-electron chi connectivity index (χ3n) is 3.70. The number of nitrogens with two attached hydrogens (primary N) is 1. The predicted octanol–water partition coefficient (Wildman–Crippen LogP) is 2.82. The molecule has 0 aromatic heterocycles. The van der Waals surface area contributed by atoms with Crippen molar-refractivity contribution in [3.05, 3.63) is 23.8 Å². The lowest BCUT2D eigenvalue weighted by molar-refractivity contribution is 0.0526. The summed E-state index contributed by atoms with van der Waals surface area (Å²) >= 11 is 0. The number of esters is 1. The monoisotopic (exact) mass is 262 g/mol. The topological polar surface area (TPSA) is 55.6 Å². The van der Waals surface area contributed by atoms with E-state index in [0.29, 0.717) is 18.2 Å². The van der Waals surface area contributed by atoms with E-state index in [-0.39, 0.29) is 5.97 Å². The highest BCUT2D eigenvalue weighted by atomic mass is 16.5. The van der Waals surface area contributed by atoms with Crippen LogP contribution in [0.25, 0.3) is 0 Å². The van der Waals surface area contributed by atoms with Crippen LogP contribution in [0, 0.1) is 0 Å². The zero-order chi connectivity index (χ0) is 13.8. The number of nitrogens with zero attached hydrogens (tertiary/aromatic N) is 1. The van der Waals surface area contributed by atoms with Gasteiger partial charge in [-0.3, -0.25) is 0 Å². The fraction of sp³-hybridized carbons (Fsp3) is 0.533. The Balaban J connectivity index is 2.29. The van der Waals surface area contributed by atoms with E-state index < -0.39 is 0 Å². The molecule has 0 aliphatic carbocycles. The second-order valence-electron chi connectivity index (χ2n) is 4.89. The Kier molecular flexibility index (Phi) is 4.30. The van der Waals surface area contributed by atoms with Crippen LogP contribution in [0.3, 0.4) is 0 Å². The van der Waals surface area contributed by atoms with E-state index in [2.05, 4.69) is 11.8 Å². The third kappa shape index (κ3) is 2.83. The Morgan fingerprint density at radius 1 is 1.47 bits per heavy atom. The molecule has 4 heteroatoms. The molecule has 1 atom stereocenters. The molecule has 104 valence electrons. The summed E-state index contributed by atoms with van der Waals surface area (Å²) in [6.45, 7) is 5.40. The van der Waals surface area contributed by atoms with Crippen molar-refractivity contribution >= 4 is 17.3 Å². The van der Waals surface area contributed by atoms with Gasteiger partial charge in [0.15, 0.2) is 0 Å². The van der Waals surface area contributed by atoms with Gasteiger partial charge in [0.1, 0.15) is 0 Å². The molecule has 2 N–H and O–H groups in total. The average Bonchev–Trinajstić information content (AvgIpc) is 2.87. The van der Waals surface area contributed by atoms with Crippen molar-refractivity contribution in [1.29, 1.82) is 0 Å². The number of anilines is 2. The average molecular weight is 262 g/mol. The van der Waals surface area contributed by atoms with E-state index in [9.17, 15) is 4.79 Å². The van der Waals surface area contributed by atoms with Crippen LogP contribution >= 0.6 is 0 Å². The highest BCUT2D eigenvalue weighted by Crippen LogP contribution is 2.32. The maximum absolute atomic E-state index is 11.8. The molecule has 1 unspecified atom stereocenters. The third-order valence-corrected chi connectivity index (χ3v) is 3.70. The Labute approximate surface area is 114 Å². The van der Waals surface area contributed by atoms with Crippen molar-refractivity contribution in [1.82, 2.24) is 0 Å². The summed E-state index contributed by atoms with van der Waals surface area (Å²) in [4.78, 5) is 14.1. The van der Waals surface area contributed by atoms with E-state index >= 15 is 0 Å². The summed E-state index contributed by atoms with van der Waals surface area (Å²) in [5.74, 6) is -0.281. The molecule has 1 aliphatic rings. The summed E-state index contributed by atoms with van der Waals surface area (Å²) in [5.41, 5.74) is 8.34. The minimum atomic E-state index is -0.281. The molecule has 19 heavy (non-hydrogen) atoms. The lowest BCUT2D eigenvalue weighted by Gasteiger charge is -2.27. The molecule has 0 bridgehead atoms. The highest BCUT2D eigenvalue weighted by molar-refractivity contribution is 5.92. The van der Waals surface area contributed by atoms with Gasteiger partial charge in [-0.25, -0.2) is 4.79 Å². The van der Waals surface area contributed by atoms with Crippen molar-refractivity contribution in [2.45, 2.75) is 39.2 Å². The zero-order valence-electron chi connectivity index (χ0n) is 11.7. The summed E-state index contributed by atoms with van der Waals surface area (Å²) in [5, 5.41) is 0. The zero-order valence-corrected chi connectivity index (χ0v) is 11.7. The number of carbonyl (C=O) groups excluding carboxylic acids is 1. The van der Waals surface area contributed by atoms with Gasteiger partial charge in [-0.05, 0) is 44.4 Å². The molecule has 0 saturated carbocycles. The molecule has 1 saturated heterocycles. The molecule has 1 aromatic carbocycles. The summed E-state index contributed by atoms with van der Waals surface area (Å²) in [6, 6.07) is 5.92. The van der Waals surface area contributed by atoms with Gasteiger partial charge in [-0.1, -0.05) is 6.92 Å². The highest BCUT2D eigenvalue weighted by Gasteiger charge is 2.25. The van der Waals surface area contributed by atoms with Gasteiger partial charge < -0.3 is 15.4 Å². The fourth-order valence-electron chi connectivity index (χ4n) is 2.71. The molecular formula is C15H22N2O2. The lowest BCUT2D eigenvalue weighted by atomic mass is 10.1. The van der Waals surface area contributed by atoms with E-state index in [1.165, 1.54) is 12.8 Å². The smallest absolute Gasteiger partial charge is 0.338 e. The van der Waals surface area contributed by atoms with Crippen molar-refractivity contribution in [3.8, 4) is 0 Å². The van der Waals surface area contributed by atoms with Crippen LogP contribution in [0.2, 0.25) is 0 Å². The lowest BCUT2D eigenvalue weighted by Crippen LogP contribution is -2.29. The first-order valence-corrected chi connectivity index (χ1v) is 7.00. The number of hydrogen-bond donors (Lipinski definition) is 1. The van der Waals surface area contributed by atoms with Gasteiger partial charge in [-0.15, -0.1) is 0 Å². The van der Waals surface area contributed by atoms with Crippen molar-refractivity contribution in [2.24, 2.45) is 0 Å². The van der Waals surface area contributed by atoms with Crippen LogP contribution in [0.1, 0.15) is 43.5 Å². The first-order valence-electron chi connectivity index (χ1n) is 7.00. The van der Waals surface area contributed by atoms with E-state index in [0.717, 1.165) is 24.3 Å². The molecule has 4 nitrogen and oxygen atoms in total. The van der Waals surface area contributed by atoms with Crippen LogP contribution < -0.4 is 10.6 Å². The molecule has 1 aliphatic heterocycles. The molecule has 1 fully saturated rings. The number of benzene rings is 1. The summed E-state index contributed by atoms with van der Waals surface area (Å²) in [6.07, 6.45) is 3.48. The molecule has 1 heterocycles. The SMILES string of the molecule is CCOC(=O)c1ccc(N)c(N2CCCC2CC)c1. The number of nitrogen functional groups attached to an aromatic ring is 1. The second-order valence-corrected chi connectivity index (χ2v) is 4.89. The largest absolute Gasteiger partial charge is 0.462 e. The van der Waals surface area contributed by atoms with Crippen LogP contribution in [0.4, 0.5) is 11.4 Å². The molecule has 0 radical (unpaired) electrons. The number of hydrogen-bond acceptors (Lipinski definition) is 4. The Bertz CT molecular complexity index is 459. The standard InChI is InChI=1S/C15H22N2O2/c1-3-12-6-5-9-17(12)14-10-11(7-8-13(14)16)15(18)19-4-2/h7-8,10,12H,3-6,9,16H2,1-2H3. The van der Waals surface area contributed by atoms with Crippen molar-refractivity contribution in [2.75, 3.05) is 23.8 Å². The van der Waals surface area contributed by atoms with Gasteiger partial charge >= 0.3 is 5.97 Å². The van der Waals surface area contributed by atoms with Crippen LogP contribution in [-0.4, -0.2) is 25.2 Å². The number of carbonyl (C=O) groups is 1. The molecule has 1 aromatic rings. The fourth-order valence-corrected chi connectivity index (χ4v) is 2.71. The number of ether oxygens (including phenoxy) is 1. The van der Waals surface area contributed by atoms with E-state index in [4.69, 9.17) is 10.5 Å². The van der Waals surface area contributed by atoms with Crippen molar-refractivity contribution in [3.63, 3.8) is 0 Å².